The number of halogens is 2. The van der Waals surface area contributed by atoms with Gasteiger partial charge >= 0.3 is 0 Å². The lowest BCUT2D eigenvalue weighted by Crippen LogP contribution is -2.39. The van der Waals surface area contributed by atoms with Crippen molar-refractivity contribution in [2.75, 3.05) is 25.5 Å². The summed E-state index contributed by atoms with van der Waals surface area (Å²) < 4.78 is 0. The van der Waals surface area contributed by atoms with E-state index in [4.69, 9.17) is 11.6 Å². The van der Waals surface area contributed by atoms with Crippen molar-refractivity contribution in [3.8, 4) is 0 Å². The maximum Gasteiger partial charge on any atom is 0.221 e. The van der Waals surface area contributed by atoms with Gasteiger partial charge in [0.25, 0.3) is 0 Å². The van der Waals surface area contributed by atoms with Crippen LogP contribution in [0, 0.1) is 0 Å². The van der Waals surface area contributed by atoms with Crippen LogP contribution in [0.4, 0.5) is 5.69 Å². The first kappa shape index (κ1) is 23.2. The van der Waals surface area contributed by atoms with Crippen molar-refractivity contribution in [3.05, 3.63) is 64.7 Å². The molecular formula is C20H26ClIN4O. The number of guanidine groups is 1. The summed E-state index contributed by atoms with van der Waals surface area (Å²) in [7, 11) is 1.76. The molecule has 0 atom stereocenters. The fraction of sp³-hybridized carbons (Fsp3) is 0.300. The smallest absolute Gasteiger partial charge is 0.221 e. The van der Waals surface area contributed by atoms with E-state index in [1.807, 2.05) is 42.5 Å². The minimum absolute atomic E-state index is 0. The molecule has 27 heavy (non-hydrogen) atoms. The number of hydrogen-bond acceptors (Lipinski definition) is 2. The zero-order valence-corrected chi connectivity index (χ0v) is 18.7. The Morgan fingerprint density at radius 2 is 1.63 bits per heavy atom. The van der Waals surface area contributed by atoms with Crippen LogP contribution in [0.2, 0.25) is 5.02 Å². The van der Waals surface area contributed by atoms with E-state index in [0.29, 0.717) is 0 Å². The van der Waals surface area contributed by atoms with Gasteiger partial charge in [0.1, 0.15) is 0 Å². The molecule has 0 unspecified atom stereocenters. The second-order valence-electron chi connectivity index (χ2n) is 5.93. The predicted octanol–water partition coefficient (Wildman–Crippen LogP) is 3.87. The number of nitrogens with one attached hydrogen (secondary N) is 3. The molecule has 5 nitrogen and oxygen atoms in total. The SMILES string of the molecule is CN=C(NCCc1ccc(NC(C)=O)cc1)NCCc1cccc(Cl)c1.I. The van der Waals surface area contributed by atoms with Crippen molar-refractivity contribution >= 4 is 53.1 Å². The standard InChI is InChI=1S/C20H25ClN4O.HI/c1-15(26)25-19-8-6-16(7-9-19)10-12-23-20(22-2)24-13-11-17-4-3-5-18(21)14-17;/h3-9,14H,10-13H2,1-2H3,(H,25,26)(H2,22,23,24);1H. The Balaban J connectivity index is 0.00000364. The van der Waals surface area contributed by atoms with Crippen molar-refractivity contribution in [1.29, 1.82) is 0 Å². The van der Waals surface area contributed by atoms with Crippen LogP contribution in [0.15, 0.2) is 53.5 Å². The first-order chi connectivity index (χ1) is 12.6. The molecule has 0 radical (unpaired) electrons. The number of carbonyl (C=O) groups is 1. The summed E-state index contributed by atoms with van der Waals surface area (Å²) in [6, 6.07) is 15.7. The summed E-state index contributed by atoms with van der Waals surface area (Å²) in [6.45, 7) is 3.06. The molecule has 7 heteroatoms. The summed E-state index contributed by atoms with van der Waals surface area (Å²) in [6.07, 6.45) is 1.75. The third-order valence-corrected chi connectivity index (χ3v) is 4.03. The largest absolute Gasteiger partial charge is 0.356 e. The number of hydrogen-bond donors (Lipinski definition) is 3. The fourth-order valence-corrected chi connectivity index (χ4v) is 2.73. The van der Waals surface area contributed by atoms with E-state index in [2.05, 4.69) is 27.0 Å². The molecule has 0 spiro atoms. The van der Waals surface area contributed by atoms with Gasteiger partial charge in [-0.15, -0.1) is 24.0 Å². The average Bonchev–Trinajstić information content (AvgIpc) is 2.61. The van der Waals surface area contributed by atoms with Gasteiger partial charge in [-0.3, -0.25) is 9.79 Å². The van der Waals surface area contributed by atoms with Gasteiger partial charge in [0.2, 0.25) is 5.91 Å². The van der Waals surface area contributed by atoms with Crippen molar-refractivity contribution in [1.82, 2.24) is 10.6 Å². The monoisotopic (exact) mass is 500 g/mol. The van der Waals surface area contributed by atoms with Gasteiger partial charge < -0.3 is 16.0 Å². The molecule has 2 aromatic rings. The number of nitrogens with zero attached hydrogens (tertiary/aromatic N) is 1. The van der Waals surface area contributed by atoms with Crippen molar-refractivity contribution < 1.29 is 4.79 Å². The lowest BCUT2D eigenvalue weighted by atomic mass is 10.1. The molecule has 0 bridgehead atoms. The second kappa shape index (κ2) is 12.6. The highest BCUT2D eigenvalue weighted by molar-refractivity contribution is 14.0. The van der Waals surface area contributed by atoms with Crippen molar-refractivity contribution in [3.63, 3.8) is 0 Å². The predicted molar refractivity (Wildman–Crippen MR) is 124 cm³/mol. The van der Waals surface area contributed by atoms with E-state index >= 15 is 0 Å². The molecule has 0 saturated heterocycles. The number of rotatable bonds is 7. The number of carbonyl (C=O) groups excluding carboxylic acids is 1. The van der Waals surface area contributed by atoms with Crippen LogP contribution in [0.1, 0.15) is 18.1 Å². The molecule has 2 rings (SSSR count). The highest BCUT2D eigenvalue weighted by atomic mass is 127. The highest BCUT2D eigenvalue weighted by Crippen LogP contribution is 2.11. The molecule has 0 saturated carbocycles. The zero-order chi connectivity index (χ0) is 18.8. The first-order valence-electron chi connectivity index (χ1n) is 8.62. The van der Waals surface area contributed by atoms with Crippen LogP contribution in [0.25, 0.3) is 0 Å². The van der Waals surface area contributed by atoms with Gasteiger partial charge in [0, 0.05) is 37.8 Å². The molecule has 0 aliphatic rings. The van der Waals surface area contributed by atoms with Crippen molar-refractivity contribution in [2.45, 2.75) is 19.8 Å². The second-order valence-corrected chi connectivity index (χ2v) is 6.37. The summed E-state index contributed by atoms with van der Waals surface area (Å²) in [4.78, 5) is 15.3. The normalized spacial score (nSPS) is 10.7. The van der Waals surface area contributed by atoms with Crippen LogP contribution >= 0.6 is 35.6 Å². The van der Waals surface area contributed by atoms with Gasteiger partial charge in [-0.25, -0.2) is 0 Å². The Morgan fingerprint density at radius 1 is 1.00 bits per heavy atom. The maximum absolute atomic E-state index is 11.0. The van der Waals surface area contributed by atoms with Crippen LogP contribution in [-0.4, -0.2) is 32.0 Å². The molecule has 0 fully saturated rings. The fourth-order valence-electron chi connectivity index (χ4n) is 2.52. The van der Waals surface area contributed by atoms with Crippen LogP contribution < -0.4 is 16.0 Å². The Morgan fingerprint density at radius 3 is 2.19 bits per heavy atom. The first-order valence-corrected chi connectivity index (χ1v) is 9.00. The Hall–Kier alpha value is -1.80. The van der Waals surface area contributed by atoms with E-state index in [9.17, 15) is 4.79 Å². The molecule has 146 valence electrons. The Bertz CT molecular complexity index is 750. The summed E-state index contributed by atoms with van der Waals surface area (Å²) in [5.74, 6) is 0.717. The number of anilines is 1. The summed E-state index contributed by atoms with van der Waals surface area (Å²) in [5, 5.41) is 10.1. The molecule has 0 aliphatic carbocycles. The molecular weight excluding hydrogens is 475 g/mol. The van der Waals surface area contributed by atoms with E-state index in [1.165, 1.54) is 18.1 Å². The van der Waals surface area contributed by atoms with E-state index in [-0.39, 0.29) is 29.9 Å². The number of benzene rings is 2. The minimum Gasteiger partial charge on any atom is -0.356 e. The number of aliphatic imine (C=N–C) groups is 1. The highest BCUT2D eigenvalue weighted by Gasteiger charge is 2.00. The van der Waals surface area contributed by atoms with Crippen LogP contribution in [0.3, 0.4) is 0 Å². The van der Waals surface area contributed by atoms with Gasteiger partial charge in [-0.05, 0) is 48.2 Å². The Kier molecular flexibility index (Phi) is 10.8. The molecule has 3 N–H and O–H groups in total. The average molecular weight is 501 g/mol. The van der Waals surface area contributed by atoms with Crippen LogP contribution in [0.5, 0.6) is 0 Å². The molecule has 0 aliphatic heterocycles. The van der Waals surface area contributed by atoms with Gasteiger partial charge in [0.15, 0.2) is 5.96 Å². The molecule has 2 aromatic carbocycles. The molecule has 1 amide bonds. The maximum atomic E-state index is 11.0. The van der Waals surface area contributed by atoms with E-state index in [1.54, 1.807) is 7.05 Å². The van der Waals surface area contributed by atoms with Crippen molar-refractivity contribution in [2.24, 2.45) is 4.99 Å². The van der Waals surface area contributed by atoms with Gasteiger partial charge in [-0.2, -0.15) is 0 Å². The zero-order valence-electron chi connectivity index (χ0n) is 15.6. The van der Waals surface area contributed by atoms with Gasteiger partial charge in [-0.1, -0.05) is 35.9 Å². The van der Waals surface area contributed by atoms with E-state index < -0.39 is 0 Å². The molecule has 0 aromatic heterocycles. The van der Waals surface area contributed by atoms with Gasteiger partial charge in [0.05, 0.1) is 0 Å². The summed E-state index contributed by atoms with van der Waals surface area (Å²) in [5.41, 5.74) is 3.20. The summed E-state index contributed by atoms with van der Waals surface area (Å²) >= 11 is 6.00. The third kappa shape index (κ3) is 9.10. The quantitative estimate of drug-likeness (QED) is 0.307. The minimum atomic E-state index is -0.0629. The van der Waals surface area contributed by atoms with E-state index in [0.717, 1.165) is 42.6 Å². The molecule has 0 heterocycles. The number of amides is 1. The Labute approximate surface area is 183 Å². The lowest BCUT2D eigenvalue weighted by molar-refractivity contribution is -0.114. The topological polar surface area (TPSA) is 65.5 Å². The van der Waals surface area contributed by atoms with Crippen LogP contribution in [-0.2, 0) is 17.6 Å². The lowest BCUT2D eigenvalue weighted by Gasteiger charge is -2.12. The third-order valence-electron chi connectivity index (χ3n) is 3.80.